The second-order valence-corrected chi connectivity index (χ2v) is 3.15. The highest BCUT2D eigenvalue weighted by Gasteiger charge is 2.01. The molecule has 0 aliphatic carbocycles. The highest BCUT2D eigenvalue weighted by molar-refractivity contribution is 5.98. The highest BCUT2D eigenvalue weighted by atomic mass is 35.5. The van der Waals surface area contributed by atoms with Gasteiger partial charge in [0.15, 0.2) is 0 Å². The average Bonchev–Trinajstić information content (AvgIpc) is 2.82. The van der Waals surface area contributed by atoms with Crippen LogP contribution in [0.3, 0.4) is 0 Å². The molecule has 5 heteroatoms. The summed E-state index contributed by atoms with van der Waals surface area (Å²) in [5.41, 5.74) is 8.69. The number of aromatic amines is 1. The van der Waals surface area contributed by atoms with Crippen LogP contribution in [0.25, 0.3) is 11.3 Å². The largest absolute Gasteiger partial charge is 0.384 e. The lowest BCUT2D eigenvalue weighted by Crippen LogP contribution is -2.12. The summed E-state index contributed by atoms with van der Waals surface area (Å²) >= 11 is 0. The Kier molecular flexibility index (Phi) is 4.08. The molecule has 0 atom stereocenters. The van der Waals surface area contributed by atoms with Crippen LogP contribution in [0.5, 0.6) is 0 Å². The molecule has 4 nitrogen and oxygen atoms in total. The molecule has 2 aromatic rings. The lowest BCUT2D eigenvalue weighted by molar-refractivity contribution is 1.31. The first kappa shape index (κ1) is 12.3. The number of nitrogens with one attached hydrogen (secondary N) is 1. The fourth-order valence-electron chi connectivity index (χ4n) is 1.39. The molecule has 0 saturated carbocycles. The Hall–Kier alpha value is -1.81. The van der Waals surface area contributed by atoms with Crippen molar-refractivity contribution in [2.75, 3.05) is 7.05 Å². The molecule has 0 amide bonds. The van der Waals surface area contributed by atoms with Gasteiger partial charge in [0.2, 0.25) is 0 Å². The molecule has 16 heavy (non-hydrogen) atoms. The van der Waals surface area contributed by atoms with Gasteiger partial charge in [0.25, 0.3) is 0 Å². The van der Waals surface area contributed by atoms with E-state index in [4.69, 9.17) is 5.73 Å². The number of halogens is 1. The third-order valence-electron chi connectivity index (χ3n) is 2.21. The van der Waals surface area contributed by atoms with Gasteiger partial charge in [-0.1, -0.05) is 18.2 Å². The molecule has 1 aromatic carbocycles. The van der Waals surface area contributed by atoms with Crippen molar-refractivity contribution in [3.05, 3.63) is 42.4 Å². The van der Waals surface area contributed by atoms with Crippen LogP contribution in [0.2, 0.25) is 0 Å². The molecule has 0 bridgehead atoms. The standard InChI is InChI=1S/C11H12N4.ClH/c1-13-11(12)9-4-2-3-8(5-9)10-6-14-7-15-10;/h2-7H,1H3,(H2,12,13)(H,14,15);1H. The Morgan fingerprint density at radius 2 is 2.25 bits per heavy atom. The zero-order valence-electron chi connectivity index (χ0n) is 8.84. The van der Waals surface area contributed by atoms with Crippen molar-refractivity contribution in [2.45, 2.75) is 0 Å². The first-order chi connectivity index (χ1) is 7.31. The number of hydrogen-bond acceptors (Lipinski definition) is 2. The van der Waals surface area contributed by atoms with E-state index >= 15 is 0 Å². The fourth-order valence-corrected chi connectivity index (χ4v) is 1.39. The van der Waals surface area contributed by atoms with Crippen LogP contribution < -0.4 is 5.73 Å². The van der Waals surface area contributed by atoms with Crippen molar-refractivity contribution >= 4 is 18.2 Å². The van der Waals surface area contributed by atoms with Gasteiger partial charge < -0.3 is 10.7 Å². The van der Waals surface area contributed by atoms with E-state index in [1.807, 2.05) is 24.3 Å². The maximum absolute atomic E-state index is 5.74. The number of rotatable bonds is 2. The summed E-state index contributed by atoms with van der Waals surface area (Å²) in [6.45, 7) is 0. The predicted molar refractivity (Wildman–Crippen MR) is 67.9 cm³/mol. The minimum atomic E-state index is 0. The van der Waals surface area contributed by atoms with Crippen molar-refractivity contribution in [3.63, 3.8) is 0 Å². The number of aliphatic imine (C=N–C) groups is 1. The Labute approximate surface area is 100 Å². The molecular weight excluding hydrogens is 224 g/mol. The number of H-pyrrole nitrogens is 1. The van der Waals surface area contributed by atoms with E-state index < -0.39 is 0 Å². The van der Waals surface area contributed by atoms with Crippen molar-refractivity contribution in [1.29, 1.82) is 0 Å². The maximum atomic E-state index is 5.74. The van der Waals surface area contributed by atoms with Crippen LogP contribution in [0.15, 0.2) is 41.8 Å². The molecule has 0 radical (unpaired) electrons. The van der Waals surface area contributed by atoms with E-state index in [2.05, 4.69) is 15.0 Å². The number of nitrogens with two attached hydrogens (primary N) is 1. The fraction of sp³-hybridized carbons (Fsp3) is 0.0909. The smallest absolute Gasteiger partial charge is 0.125 e. The van der Waals surface area contributed by atoms with E-state index in [1.165, 1.54) is 0 Å². The molecule has 0 fully saturated rings. The van der Waals surface area contributed by atoms with Crippen molar-refractivity contribution in [3.8, 4) is 11.3 Å². The van der Waals surface area contributed by atoms with Crippen LogP contribution in [0, 0.1) is 0 Å². The Bertz CT molecular complexity index is 476. The number of aromatic nitrogens is 2. The van der Waals surface area contributed by atoms with Gasteiger partial charge in [-0.3, -0.25) is 4.99 Å². The van der Waals surface area contributed by atoms with Gasteiger partial charge in [-0.2, -0.15) is 0 Å². The van der Waals surface area contributed by atoms with E-state index in [0.717, 1.165) is 16.8 Å². The summed E-state index contributed by atoms with van der Waals surface area (Å²) in [6.07, 6.45) is 3.43. The first-order valence-electron chi connectivity index (χ1n) is 4.62. The SMILES string of the molecule is CN=C(N)c1cccc(-c2cnc[nH]2)c1.Cl. The van der Waals surface area contributed by atoms with Crippen molar-refractivity contribution < 1.29 is 0 Å². The third kappa shape index (κ3) is 2.41. The molecule has 0 spiro atoms. The lowest BCUT2D eigenvalue weighted by Gasteiger charge is -2.02. The lowest BCUT2D eigenvalue weighted by atomic mass is 10.1. The second-order valence-electron chi connectivity index (χ2n) is 3.15. The molecule has 1 heterocycles. The summed E-state index contributed by atoms with van der Waals surface area (Å²) in [6, 6.07) is 7.86. The summed E-state index contributed by atoms with van der Waals surface area (Å²) in [7, 11) is 1.68. The molecule has 0 unspecified atom stereocenters. The quantitative estimate of drug-likeness (QED) is 0.617. The van der Waals surface area contributed by atoms with E-state index in [-0.39, 0.29) is 12.4 Å². The molecule has 3 N–H and O–H groups in total. The molecule has 0 aliphatic rings. The zero-order valence-corrected chi connectivity index (χ0v) is 9.66. The third-order valence-corrected chi connectivity index (χ3v) is 2.21. The molecule has 2 rings (SSSR count). The van der Waals surface area contributed by atoms with Gasteiger partial charge in [0.05, 0.1) is 18.2 Å². The van der Waals surface area contributed by atoms with Gasteiger partial charge in [0, 0.05) is 18.2 Å². The van der Waals surface area contributed by atoms with Crippen LogP contribution in [-0.4, -0.2) is 22.9 Å². The topological polar surface area (TPSA) is 67.1 Å². The van der Waals surface area contributed by atoms with Crippen LogP contribution in [0.1, 0.15) is 5.56 Å². The van der Waals surface area contributed by atoms with Gasteiger partial charge in [-0.15, -0.1) is 12.4 Å². The highest BCUT2D eigenvalue weighted by Crippen LogP contribution is 2.16. The van der Waals surface area contributed by atoms with E-state index in [0.29, 0.717) is 5.84 Å². The zero-order chi connectivity index (χ0) is 10.7. The minimum Gasteiger partial charge on any atom is -0.384 e. The normalized spacial score (nSPS) is 10.9. The maximum Gasteiger partial charge on any atom is 0.125 e. The summed E-state index contributed by atoms with van der Waals surface area (Å²) < 4.78 is 0. The summed E-state index contributed by atoms with van der Waals surface area (Å²) in [4.78, 5) is 11.0. The van der Waals surface area contributed by atoms with Crippen molar-refractivity contribution in [1.82, 2.24) is 9.97 Å². The monoisotopic (exact) mass is 236 g/mol. The molecule has 0 aliphatic heterocycles. The molecular formula is C11H13ClN4. The van der Waals surface area contributed by atoms with Gasteiger partial charge in [0.1, 0.15) is 5.84 Å². The second kappa shape index (κ2) is 5.32. The summed E-state index contributed by atoms with van der Waals surface area (Å²) in [5.74, 6) is 0.538. The Balaban J connectivity index is 0.00000128. The first-order valence-corrected chi connectivity index (χ1v) is 4.62. The van der Waals surface area contributed by atoms with Gasteiger partial charge >= 0.3 is 0 Å². The molecule has 84 valence electrons. The summed E-state index contributed by atoms with van der Waals surface area (Å²) in [5, 5.41) is 0. The van der Waals surface area contributed by atoms with E-state index in [1.54, 1.807) is 19.6 Å². The predicted octanol–water partition coefficient (Wildman–Crippen LogP) is 1.83. The number of benzene rings is 1. The van der Waals surface area contributed by atoms with Crippen LogP contribution in [0.4, 0.5) is 0 Å². The number of hydrogen-bond donors (Lipinski definition) is 2. The number of nitrogens with zero attached hydrogens (tertiary/aromatic N) is 2. The van der Waals surface area contributed by atoms with Crippen molar-refractivity contribution in [2.24, 2.45) is 10.7 Å². The van der Waals surface area contributed by atoms with Crippen LogP contribution in [-0.2, 0) is 0 Å². The molecule has 0 saturated heterocycles. The number of imidazole rings is 1. The molecule has 1 aromatic heterocycles. The average molecular weight is 237 g/mol. The van der Waals surface area contributed by atoms with Crippen LogP contribution >= 0.6 is 12.4 Å². The van der Waals surface area contributed by atoms with Gasteiger partial charge in [-0.05, 0) is 6.07 Å². The number of amidine groups is 1. The van der Waals surface area contributed by atoms with Gasteiger partial charge in [-0.25, -0.2) is 4.98 Å². The van der Waals surface area contributed by atoms with E-state index in [9.17, 15) is 0 Å². The Morgan fingerprint density at radius 3 is 2.88 bits per heavy atom. The Morgan fingerprint density at radius 1 is 1.44 bits per heavy atom. The minimum absolute atomic E-state index is 0.